The van der Waals surface area contributed by atoms with Gasteiger partial charge in [-0.2, -0.15) is 0 Å². The SMILES string of the molecule is CC(C)C(C)NC(=O)c1cccc(NS(=O)(=O)c2ccc(Cl)c(Cl)c2)c1. The van der Waals surface area contributed by atoms with Gasteiger partial charge in [-0.1, -0.05) is 43.1 Å². The Morgan fingerprint density at radius 1 is 1.00 bits per heavy atom. The molecule has 2 rings (SSSR count). The molecule has 0 aliphatic heterocycles. The van der Waals surface area contributed by atoms with Crippen molar-refractivity contribution in [3.63, 3.8) is 0 Å². The Labute approximate surface area is 163 Å². The second-order valence-corrected chi connectivity index (χ2v) is 8.77. The normalized spacial score (nSPS) is 12.7. The average molecular weight is 415 g/mol. The molecule has 0 spiro atoms. The van der Waals surface area contributed by atoms with Gasteiger partial charge in [0.25, 0.3) is 15.9 Å². The predicted molar refractivity (Wildman–Crippen MR) is 105 cm³/mol. The van der Waals surface area contributed by atoms with Crippen LogP contribution in [0.4, 0.5) is 5.69 Å². The van der Waals surface area contributed by atoms with Crippen molar-refractivity contribution in [2.75, 3.05) is 4.72 Å². The molecule has 0 bridgehead atoms. The molecule has 0 saturated heterocycles. The summed E-state index contributed by atoms with van der Waals surface area (Å²) >= 11 is 11.7. The lowest BCUT2D eigenvalue weighted by Crippen LogP contribution is -2.36. The summed E-state index contributed by atoms with van der Waals surface area (Å²) in [5.41, 5.74) is 0.646. The summed E-state index contributed by atoms with van der Waals surface area (Å²) in [4.78, 5) is 12.3. The molecule has 0 heterocycles. The van der Waals surface area contributed by atoms with Crippen LogP contribution in [0.1, 0.15) is 31.1 Å². The number of sulfonamides is 1. The summed E-state index contributed by atoms with van der Waals surface area (Å²) in [6.45, 7) is 5.93. The van der Waals surface area contributed by atoms with E-state index in [1.54, 1.807) is 18.2 Å². The van der Waals surface area contributed by atoms with E-state index in [9.17, 15) is 13.2 Å². The lowest BCUT2D eigenvalue weighted by molar-refractivity contribution is 0.0930. The number of benzene rings is 2. The maximum atomic E-state index is 12.5. The van der Waals surface area contributed by atoms with Gasteiger partial charge in [-0.3, -0.25) is 9.52 Å². The topological polar surface area (TPSA) is 75.3 Å². The van der Waals surface area contributed by atoms with E-state index in [0.29, 0.717) is 5.56 Å². The standard InChI is InChI=1S/C18H20Cl2N2O3S/c1-11(2)12(3)21-18(23)13-5-4-6-14(9-13)22-26(24,25)15-7-8-16(19)17(20)10-15/h4-12,22H,1-3H3,(H,21,23). The maximum absolute atomic E-state index is 12.5. The van der Waals surface area contributed by atoms with Crippen LogP contribution in [0, 0.1) is 5.92 Å². The van der Waals surface area contributed by atoms with Gasteiger partial charge in [0, 0.05) is 17.3 Å². The number of hydrogen-bond acceptors (Lipinski definition) is 3. The van der Waals surface area contributed by atoms with E-state index in [2.05, 4.69) is 10.0 Å². The molecule has 1 unspecified atom stereocenters. The first-order valence-electron chi connectivity index (χ1n) is 7.99. The second kappa shape index (κ2) is 8.29. The number of rotatable bonds is 6. The van der Waals surface area contributed by atoms with Gasteiger partial charge in [-0.25, -0.2) is 8.42 Å². The lowest BCUT2D eigenvalue weighted by atomic mass is 10.1. The fourth-order valence-electron chi connectivity index (χ4n) is 2.04. The quantitative estimate of drug-likeness (QED) is 0.726. The number of carbonyl (C=O) groups excluding carboxylic acids is 1. The van der Waals surface area contributed by atoms with Crippen LogP contribution < -0.4 is 10.0 Å². The number of carbonyl (C=O) groups is 1. The molecule has 2 aromatic carbocycles. The van der Waals surface area contributed by atoms with Gasteiger partial charge in [-0.15, -0.1) is 0 Å². The number of nitrogens with one attached hydrogen (secondary N) is 2. The summed E-state index contributed by atoms with van der Waals surface area (Å²) in [7, 11) is -3.86. The molecule has 0 fully saturated rings. The number of amides is 1. The van der Waals surface area contributed by atoms with E-state index in [0.717, 1.165) is 0 Å². The van der Waals surface area contributed by atoms with Crippen molar-refractivity contribution in [1.29, 1.82) is 0 Å². The second-order valence-electron chi connectivity index (χ2n) is 6.27. The summed E-state index contributed by atoms with van der Waals surface area (Å²) in [5.74, 6) is 0.0251. The first kappa shape index (κ1) is 20.6. The van der Waals surface area contributed by atoms with Gasteiger partial charge in [0.2, 0.25) is 0 Å². The molecule has 2 aromatic rings. The van der Waals surface area contributed by atoms with E-state index < -0.39 is 10.0 Å². The van der Waals surface area contributed by atoms with Crippen molar-refractivity contribution in [3.8, 4) is 0 Å². The van der Waals surface area contributed by atoms with Crippen molar-refractivity contribution >= 4 is 44.8 Å². The summed E-state index contributed by atoms with van der Waals surface area (Å²) in [5, 5.41) is 3.29. The van der Waals surface area contributed by atoms with Crippen LogP contribution in [0.3, 0.4) is 0 Å². The minimum atomic E-state index is -3.86. The first-order valence-corrected chi connectivity index (χ1v) is 10.2. The third kappa shape index (κ3) is 5.13. The van der Waals surface area contributed by atoms with Gasteiger partial charge in [0.05, 0.1) is 14.9 Å². The molecule has 140 valence electrons. The number of anilines is 1. The molecule has 0 saturated carbocycles. The van der Waals surface area contributed by atoms with Crippen molar-refractivity contribution < 1.29 is 13.2 Å². The maximum Gasteiger partial charge on any atom is 0.261 e. The van der Waals surface area contributed by atoms with Crippen LogP contribution in [-0.4, -0.2) is 20.4 Å². The Hall–Kier alpha value is -1.76. The van der Waals surface area contributed by atoms with Crippen molar-refractivity contribution in [2.45, 2.75) is 31.7 Å². The van der Waals surface area contributed by atoms with E-state index >= 15 is 0 Å². The molecular weight excluding hydrogens is 395 g/mol. The Bertz CT molecular complexity index is 914. The highest BCUT2D eigenvalue weighted by molar-refractivity contribution is 7.92. The average Bonchev–Trinajstić information content (AvgIpc) is 2.56. The van der Waals surface area contributed by atoms with Crippen LogP contribution in [0.25, 0.3) is 0 Å². The van der Waals surface area contributed by atoms with Crippen molar-refractivity contribution in [3.05, 3.63) is 58.1 Å². The van der Waals surface area contributed by atoms with E-state index in [-0.39, 0.29) is 38.5 Å². The monoisotopic (exact) mass is 414 g/mol. The van der Waals surface area contributed by atoms with Gasteiger partial charge >= 0.3 is 0 Å². The molecule has 8 heteroatoms. The van der Waals surface area contributed by atoms with Crippen LogP contribution in [0.15, 0.2) is 47.4 Å². The van der Waals surface area contributed by atoms with E-state index in [1.807, 2.05) is 20.8 Å². The number of halogens is 2. The Kier molecular flexibility index (Phi) is 6.55. The molecule has 1 atom stereocenters. The summed E-state index contributed by atoms with van der Waals surface area (Å²) in [6.07, 6.45) is 0. The number of hydrogen-bond donors (Lipinski definition) is 2. The first-order chi connectivity index (χ1) is 12.1. The fraction of sp³-hybridized carbons (Fsp3) is 0.278. The molecule has 0 radical (unpaired) electrons. The zero-order chi connectivity index (χ0) is 19.5. The van der Waals surface area contributed by atoms with Crippen molar-refractivity contribution in [2.24, 2.45) is 5.92 Å². The van der Waals surface area contributed by atoms with Crippen molar-refractivity contribution in [1.82, 2.24) is 5.32 Å². The molecule has 0 aliphatic rings. The fourth-order valence-corrected chi connectivity index (χ4v) is 3.48. The van der Waals surface area contributed by atoms with Crippen LogP contribution >= 0.6 is 23.2 Å². The third-order valence-corrected chi connectivity index (χ3v) is 6.06. The third-order valence-electron chi connectivity index (χ3n) is 3.94. The highest BCUT2D eigenvalue weighted by atomic mass is 35.5. The van der Waals surface area contributed by atoms with Gasteiger partial charge < -0.3 is 5.32 Å². The van der Waals surface area contributed by atoms with Crippen LogP contribution in [0.2, 0.25) is 10.0 Å². The zero-order valence-corrected chi connectivity index (χ0v) is 16.9. The van der Waals surface area contributed by atoms with E-state index in [4.69, 9.17) is 23.2 Å². The van der Waals surface area contributed by atoms with Gasteiger partial charge in [0.15, 0.2) is 0 Å². The molecule has 0 aliphatic carbocycles. The highest BCUT2D eigenvalue weighted by Crippen LogP contribution is 2.26. The summed E-state index contributed by atoms with van der Waals surface area (Å²) in [6, 6.07) is 10.3. The minimum Gasteiger partial charge on any atom is -0.349 e. The Balaban J connectivity index is 2.22. The predicted octanol–water partition coefficient (Wildman–Crippen LogP) is 4.57. The Morgan fingerprint density at radius 3 is 2.31 bits per heavy atom. The van der Waals surface area contributed by atoms with Crippen LogP contribution in [-0.2, 0) is 10.0 Å². The zero-order valence-electron chi connectivity index (χ0n) is 14.6. The van der Waals surface area contributed by atoms with Gasteiger partial charge in [0.1, 0.15) is 0 Å². The van der Waals surface area contributed by atoms with Gasteiger partial charge in [-0.05, 0) is 49.2 Å². The highest BCUT2D eigenvalue weighted by Gasteiger charge is 2.17. The lowest BCUT2D eigenvalue weighted by Gasteiger charge is -2.17. The van der Waals surface area contributed by atoms with E-state index in [1.165, 1.54) is 24.3 Å². The molecule has 1 amide bonds. The molecule has 2 N–H and O–H groups in total. The molecule has 26 heavy (non-hydrogen) atoms. The van der Waals surface area contributed by atoms with Crippen LogP contribution in [0.5, 0.6) is 0 Å². The Morgan fingerprint density at radius 2 is 1.69 bits per heavy atom. The molecule has 0 aromatic heterocycles. The minimum absolute atomic E-state index is 0.000873. The largest absolute Gasteiger partial charge is 0.349 e. The molecular formula is C18H20Cl2N2O3S. The molecule has 5 nitrogen and oxygen atoms in total. The summed E-state index contributed by atoms with van der Waals surface area (Å²) < 4.78 is 27.4. The smallest absolute Gasteiger partial charge is 0.261 e.